The Morgan fingerprint density at radius 1 is 1.26 bits per heavy atom. The molecule has 1 saturated heterocycles. The summed E-state index contributed by atoms with van der Waals surface area (Å²) in [6.07, 6.45) is 1.00. The third kappa shape index (κ3) is 5.95. The number of nitrogens with two attached hydrogens (primary N) is 1. The van der Waals surface area contributed by atoms with Crippen molar-refractivity contribution in [3.63, 3.8) is 0 Å². The highest BCUT2D eigenvalue weighted by Crippen LogP contribution is 2.33. The minimum absolute atomic E-state index is 0.00753. The van der Waals surface area contributed by atoms with E-state index < -0.39 is 15.4 Å². The number of carbonyl (C=O) groups excluding carboxylic acids is 1. The number of rotatable bonds is 7. The van der Waals surface area contributed by atoms with Crippen LogP contribution in [0.15, 0.2) is 47.4 Å². The van der Waals surface area contributed by atoms with Gasteiger partial charge in [0.25, 0.3) is 0 Å². The van der Waals surface area contributed by atoms with Gasteiger partial charge >= 0.3 is 0 Å². The quantitative estimate of drug-likeness (QED) is 0.648. The van der Waals surface area contributed by atoms with E-state index in [2.05, 4.69) is 11.4 Å². The molecule has 31 heavy (non-hydrogen) atoms. The SMILES string of the molecule is N#CC1(COc2ccc(NC(=O)Cc3ccccc3Cl)cc2S(N)(=O)=O)CCOCC1. The molecule has 0 atom stereocenters. The lowest BCUT2D eigenvalue weighted by atomic mass is 9.83. The predicted octanol–water partition coefficient (Wildman–Crippen LogP) is 2.87. The molecule has 2 aromatic rings. The van der Waals surface area contributed by atoms with E-state index in [1.807, 2.05) is 0 Å². The van der Waals surface area contributed by atoms with Crippen LogP contribution in [-0.4, -0.2) is 34.1 Å². The lowest BCUT2D eigenvalue weighted by Crippen LogP contribution is -2.34. The number of amides is 1. The molecular formula is C21H22ClN3O5S. The van der Waals surface area contributed by atoms with Gasteiger partial charge in [-0.15, -0.1) is 0 Å². The Kier molecular flexibility index (Phi) is 7.18. The van der Waals surface area contributed by atoms with Crippen molar-refractivity contribution < 1.29 is 22.7 Å². The molecule has 0 unspecified atom stereocenters. The van der Waals surface area contributed by atoms with Gasteiger partial charge in [-0.05, 0) is 42.7 Å². The van der Waals surface area contributed by atoms with E-state index in [4.69, 9.17) is 26.2 Å². The van der Waals surface area contributed by atoms with E-state index in [0.29, 0.717) is 36.6 Å². The van der Waals surface area contributed by atoms with Gasteiger partial charge in [-0.3, -0.25) is 4.79 Å². The first-order valence-electron chi connectivity index (χ1n) is 9.54. The zero-order chi connectivity index (χ0) is 22.5. The molecule has 0 saturated carbocycles. The molecule has 3 N–H and O–H groups in total. The maximum absolute atomic E-state index is 12.4. The summed E-state index contributed by atoms with van der Waals surface area (Å²) in [6, 6.07) is 13.4. The number of benzene rings is 2. The van der Waals surface area contributed by atoms with Crippen molar-refractivity contribution in [3.8, 4) is 11.8 Å². The molecular weight excluding hydrogens is 442 g/mol. The molecule has 0 aliphatic carbocycles. The van der Waals surface area contributed by atoms with Crippen molar-refractivity contribution >= 4 is 33.2 Å². The molecule has 1 fully saturated rings. The zero-order valence-electron chi connectivity index (χ0n) is 16.6. The second-order valence-electron chi connectivity index (χ2n) is 7.32. The first-order chi connectivity index (χ1) is 14.7. The number of nitrogens with zero attached hydrogens (tertiary/aromatic N) is 1. The number of anilines is 1. The van der Waals surface area contributed by atoms with E-state index in [9.17, 15) is 18.5 Å². The summed E-state index contributed by atoms with van der Waals surface area (Å²) >= 11 is 6.08. The van der Waals surface area contributed by atoms with Crippen LogP contribution in [0.2, 0.25) is 5.02 Å². The summed E-state index contributed by atoms with van der Waals surface area (Å²) in [6.45, 7) is 0.887. The van der Waals surface area contributed by atoms with E-state index in [1.54, 1.807) is 24.3 Å². The van der Waals surface area contributed by atoms with Gasteiger partial charge in [0.05, 0.1) is 17.9 Å². The van der Waals surface area contributed by atoms with Crippen molar-refractivity contribution in [2.45, 2.75) is 24.2 Å². The number of hydrogen-bond donors (Lipinski definition) is 2. The number of primary sulfonamides is 1. The van der Waals surface area contributed by atoms with Crippen LogP contribution < -0.4 is 15.2 Å². The monoisotopic (exact) mass is 463 g/mol. The minimum atomic E-state index is -4.14. The maximum Gasteiger partial charge on any atom is 0.241 e. The molecule has 164 valence electrons. The van der Waals surface area contributed by atoms with E-state index >= 15 is 0 Å². The summed E-state index contributed by atoms with van der Waals surface area (Å²) < 4.78 is 35.2. The lowest BCUT2D eigenvalue weighted by Gasteiger charge is -2.30. The predicted molar refractivity (Wildman–Crippen MR) is 115 cm³/mol. The Morgan fingerprint density at radius 2 is 1.97 bits per heavy atom. The van der Waals surface area contributed by atoms with Gasteiger partial charge < -0.3 is 14.8 Å². The number of ether oxygens (including phenoxy) is 2. The molecule has 3 rings (SSSR count). The Bertz CT molecular complexity index is 1110. The fourth-order valence-corrected chi connectivity index (χ4v) is 4.11. The van der Waals surface area contributed by atoms with Crippen molar-refractivity contribution in [1.82, 2.24) is 0 Å². The van der Waals surface area contributed by atoms with E-state index in [-0.39, 0.29) is 35.3 Å². The Hall–Kier alpha value is -2.64. The van der Waals surface area contributed by atoms with Gasteiger partial charge in [0, 0.05) is 23.9 Å². The molecule has 1 amide bonds. The summed E-state index contributed by atoms with van der Waals surface area (Å²) in [5.41, 5.74) is 0.136. The van der Waals surface area contributed by atoms with Gasteiger partial charge in [-0.2, -0.15) is 5.26 Å². The van der Waals surface area contributed by atoms with Crippen LogP contribution in [0.3, 0.4) is 0 Å². The molecule has 0 radical (unpaired) electrons. The number of carbonyl (C=O) groups is 1. The standard InChI is InChI=1S/C21H22ClN3O5S/c22-17-4-2-1-3-15(17)11-20(26)25-16-5-6-18(19(12-16)31(24,27)28)30-14-21(13-23)7-9-29-10-8-21/h1-6,12H,7-11,14H2,(H,25,26)(H2,24,27,28). The van der Waals surface area contributed by atoms with Crippen molar-refractivity contribution in [2.24, 2.45) is 10.6 Å². The molecule has 0 bridgehead atoms. The highest BCUT2D eigenvalue weighted by molar-refractivity contribution is 7.89. The second kappa shape index (κ2) is 9.66. The topological polar surface area (TPSA) is 132 Å². The molecule has 1 aliphatic heterocycles. The second-order valence-corrected chi connectivity index (χ2v) is 9.25. The summed E-state index contributed by atoms with van der Waals surface area (Å²) in [5.74, 6) is -0.347. The van der Waals surface area contributed by atoms with Crippen LogP contribution in [0.4, 0.5) is 5.69 Å². The molecule has 2 aromatic carbocycles. The van der Waals surface area contributed by atoms with E-state index in [0.717, 1.165) is 0 Å². The molecule has 1 heterocycles. The molecule has 0 spiro atoms. The highest BCUT2D eigenvalue weighted by Gasteiger charge is 2.34. The minimum Gasteiger partial charge on any atom is -0.490 e. The van der Waals surface area contributed by atoms with Gasteiger partial charge in [0.15, 0.2) is 0 Å². The van der Waals surface area contributed by atoms with Gasteiger partial charge in [0.1, 0.15) is 17.3 Å². The van der Waals surface area contributed by atoms with Crippen molar-refractivity contribution in [1.29, 1.82) is 5.26 Å². The van der Waals surface area contributed by atoms with Crippen LogP contribution in [0.25, 0.3) is 0 Å². The third-order valence-corrected chi connectivity index (χ3v) is 6.33. The van der Waals surface area contributed by atoms with Crippen LogP contribution in [0.5, 0.6) is 5.75 Å². The molecule has 0 aromatic heterocycles. The largest absolute Gasteiger partial charge is 0.490 e. The normalized spacial score (nSPS) is 15.6. The van der Waals surface area contributed by atoms with Crippen LogP contribution in [-0.2, 0) is 26.0 Å². The summed E-state index contributed by atoms with van der Waals surface area (Å²) in [5, 5.41) is 18.0. The first-order valence-corrected chi connectivity index (χ1v) is 11.5. The van der Waals surface area contributed by atoms with Crippen molar-refractivity contribution in [3.05, 3.63) is 53.1 Å². The van der Waals surface area contributed by atoms with Crippen molar-refractivity contribution in [2.75, 3.05) is 25.1 Å². The average Bonchev–Trinajstić information content (AvgIpc) is 2.74. The fourth-order valence-electron chi connectivity index (χ4n) is 3.21. The summed E-state index contributed by atoms with van der Waals surface area (Å²) in [4.78, 5) is 12.1. The molecule has 10 heteroatoms. The lowest BCUT2D eigenvalue weighted by molar-refractivity contribution is -0.115. The van der Waals surface area contributed by atoms with Gasteiger partial charge in [-0.1, -0.05) is 29.8 Å². The highest BCUT2D eigenvalue weighted by atomic mass is 35.5. The fraction of sp³-hybridized carbons (Fsp3) is 0.333. The Labute approximate surface area is 186 Å². The number of hydrogen-bond acceptors (Lipinski definition) is 6. The number of nitriles is 1. The number of sulfonamides is 1. The average molecular weight is 464 g/mol. The van der Waals surface area contributed by atoms with Crippen LogP contribution in [0, 0.1) is 16.7 Å². The number of halogens is 1. The van der Waals surface area contributed by atoms with Crippen LogP contribution >= 0.6 is 11.6 Å². The summed E-state index contributed by atoms with van der Waals surface area (Å²) in [7, 11) is -4.14. The zero-order valence-corrected chi connectivity index (χ0v) is 18.2. The Balaban J connectivity index is 1.76. The van der Waals surface area contributed by atoms with Gasteiger partial charge in [-0.25, -0.2) is 13.6 Å². The van der Waals surface area contributed by atoms with Gasteiger partial charge in [0.2, 0.25) is 15.9 Å². The maximum atomic E-state index is 12.4. The van der Waals surface area contributed by atoms with Crippen LogP contribution in [0.1, 0.15) is 18.4 Å². The first kappa shape index (κ1) is 23.0. The smallest absolute Gasteiger partial charge is 0.241 e. The number of nitrogens with one attached hydrogen (secondary N) is 1. The molecule has 8 nitrogen and oxygen atoms in total. The third-order valence-electron chi connectivity index (χ3n) is 5.03. The van der Waals surface area contributed by atoms with E-state index in [1.165, 1.54) is 18.2 Å². The molecule has 1 aliphatic rings. The Morgan fingerprint density at radius 3 is 2.61 bits per heavy atom.